The van der Waals surface area contributed by atoms with Gasteiger partial charge in [-0.15, -0.1) is 0 Å². The average Bonchev–Trinajstić information content (AvgIpc) is 1.89. The lowest BCUT2D eigenvalue weighted by Crippen LogP contribution is -2.27. The molecule has 3 nitrogen and oxygen atoms in total. The fourth-order valence-corrected chi connectivity index (χ4v) is 0.533. The van der Waals surface area contributed by atoms with Crippen molar-refractivity contribution in [3.05, 3.63) is 12.2 Å². The summed E-state index contributed by atoms with van der Waals surface area (Å²) < 4.78 is 0. The molecule has 0 N–H and O–H groups in total. The van der Waals surface area contributed by atoms with Crippen LogP contribution in [-0.2, 0) is 9.63 Å². The van der Waals surface area contributed by atoms with Gasteiger partial charge in [0.1, 0.15) is 0 Å². The molecule has 0 rings (SSSR count). The topological polar surface area (TPSA) is 29.5 Å². The molecule has 0 heterocycles. The molecule has 0 bridgehead atoms. The lowest BCUT2D eigenvalue weighted by atomic mass is 10.5. The number of hydrogen-bond donors (Lipinski definition) is 0. The highest BCUT2D eigenvalue weighted by Crippen LogP contribution is 1.88. The third-order valence-electron chi connectivity index (χ3n) is 1.08. The van der Waals surface area contributed by atoms with Crippen LogP contribution in [0.3, 0.4) is 0 Å². The van der Waals surface area contributed by atoms with Crippen LogP contribution in [0.15, 0.2) is 12.2 Å². The normalized spacial score (nSPS) is 10.3. The van der Waals surface area contributed by atoms with Gasteiger partial charge in [0.05, 0.1) is 13.7 Å². The van der Waals surface area contributed by atoms with Gasteiger partial charge in [0, 0.05) is 6.92 Å². The van der Waals surface area contributed by atoms with Gasteiger partial charge in [0.15, 0.2) is 0 Å². The molecule has 0 aromatic carbocycles. The van der Waals surface area contributed by atoms with Crippen LogP contribution in [0.25, 0.3) is 0 Å². The van der Waals surface area contributed by atoms with Crippen molar-refractivity contribution >= 4 is 5.91 Å². The molecule has 0 radical (unpaired) electrons. The van der Waals surface area contributed by atoms with E-state index in [0.29, 0.717) is 6.54 Å². The number of rotatable bonds is 3. The maximum atomic E-state index is 10.6. The number of carbonyl (C=O) groups is 1. The SMILES string of the molecule is C/C=C/CN(OC)C(C)=O. The molecular formula is C7H13NO2. The Labute approximate surface area is 61.2 Å². The van der Waals surface area contributed by atoms with E-state index in [1.165, 1.54) is 19.1 Å². The third-order valence-corrected chi connectivity index (χ3v) is 1.08. The summed E-state index contributed by atoms with van der Waals surface area (Å²) >= 11 is 0. The van der Waals surface area contributed by atoms with Crippen LogP contribution in [0, 0.1) is 0 Å². The molecule has 0 atom stereocenters. The van der Waals surface area contributed by atoms with Gasteiger partial charge in [0.2, 0.25) is 5.91 Å². The number of carbonyl (C=O) groups excluding carboxylic acids is 1. The molecule has 0 aromatic heterocycles. The van der Waals surface area contributed by atoms with Crippen LogP contribution in [0.2, 0.25) is 0 Å². The van der Waals surface area contributed by atoms with Gasteiger partial charge in [0.25, 0.3) is 0 Å². The molecule has 0 saturated heterocycles. The predicted octanol–water partition coefficient (Wildman–Crippen LogP) is 0.972. The van der Waals surface area contributed by atoms with E-state index in [4.69, 9.17) is 4.84 Å². The molecule has 0 unspecified atom stereocenters. The molecule has 0 saturated carbocycles. The summed E-state index contributed by atoms with van der Waals surface area (Å²) in [5.41, 5.74) is 0. The van der Waals surface area contributed by atoms with Crippen LogP contribution in [0.1, 0.15) is 13.8 Å². The minimum Gasteiger partial charge on any atom is -0.274 e. The zero-order chi connectivity index (χ0) is 7.98. The van der Waals surface area contributed by atoms with E-state index in [-0.39, 0.29) is 5.91 Å². The van der Waals surface area contributed by atoms with Crippen LogP contribution >= 0.6 is 0 Å². The standard InChI is InChI=1S/C7H13NO2/c1-4-5-6-8(10-3)7(2)9/h4-5H,6H2,1-3H3/b5-4+. The molecule has 1 amide bonds. The Balaban J connectivity index is 3.71. The fraction of sp³-hybridized carbons (Fsp3) is 0.571. The minimum absolute atomic E-state index is 0.0828. The Bertz CT molecular complexity index is 132. The van der Waals surface area contributed by atoms with Crippen molar-refractivity contribution in [3.63, 3.8) is 0 Å². The van der Waals surface area contributed by atoms with E-state index in [1.807, 2.05) is 19.1 Å². The van der Waals surface area contributed by atoms with Crippen molar-refractivity contribution in [1.82, 2.24) is 5.06 Å². The van der Waals surface area contributed by atoms with E-state index >= 15 is 0 Å². The summed E-state index contributed by atoms with van der Waals surface area (Å²) in [4.78, 5) is 15.4. The Morgan fingerprint density at radius 2 is 2.30 bits per heavy atom. The van der Waals surface area contributed by atoms with Crippen molar-refractivity contribution in [3.8, 4) is 0 Å². The summed E-state index contributed by atoms with van der Waals surface area (Å²) in [7, 11) is 1.48. The Morgan fingerprint density at radius 1 is 1.70 bits per heavy atom. The molecule has 0 fully saturated rings. The lowest BCUT2D eigenvalue weighted by Gasteiger charge is -2.14. The van der Waals surface area contributed by atoms with Crippen molar-refractivity contribution in [2.24, 2.45) is 0 Å². The summed E-state index contributed by atoms with van der Waals surface area (Å²) in [5, 5.41) is 1.28. The molecule has 0 aliphatic heterocycles. The number of amides is 1. The van der Waals surface area contributed by atoms with Crippen LogP contribution in [-0.4, -0.2) is 24.6 Å². The van der Waals surface area contributed by atoms with Gasteiger partial charge < -0.3 is 0 Å². The van der Waals surface area contributed by atoms with Crippen molar-refractivity contribution in [2.45, 2.75) is 13.8 Å². The second-order valence-corrected chi connectivity index (χ2v) is 1.83. The molecular weight excluding hydrogens is 130 g/mol. The fourth-order valence-electron chi connectivity index (χ4n) is 0.533. The smallest absolute Gasteiger partial charge is 0.243 e. The highest BCUT2D eigenvalue weighted by molar-refractivity contribution is 5.72. The number of allylic oxidation sites excluding steroid dienone is 1. The van der Waals surface area contributed by atoms with Crippen LogP contribution < -0.4 is 0 Å². The minimum atomic E-state index is -0.0828. The summed E-state index contributed by atoms with van der Waals surface area (Å²) in [5.74, 6) is -0.0828. The maximum Gasteiger partial charge on any atom is 0.243 e. The van der Waals surface area contributed by atoms with Crippen LogP contribution in [0.4, 0.5) is 0 Å². The zero-order valence-corrected chi connectivity index (χ0v) is 6.63. The van der Waals surface area contributed by atoms with Gasteiger partial charge in [-0.05, 0) is 6.92 Å². The summed E-state index contributed by atoms with van der Waals surface area (Å²) in [6.45, 7) is 3.88. The Hall–Kier alpha value is -0.830. The van der Waals surface area contributed by atoms with Gasteiger partial charge in [-0.2, -0.15) is 0 Å². The van der Waals surface area contributed by atoms with Gasteiger partial charge in [-0.25, -0.2) is 5.06 Å². The number of hydrogen-bond acceptors (Lipinski definition) is 2. The number of nitrogens with zero attached hydrogens (tertiary/aromatic N) is 1. The van der Waals surface area contributed by atoms with E-state index < -0.39 is 0 Å². The second-order valence-electron chi connectivity index (χ2n) is 1.83. The first-order valence-electron chi connectivity index (χ1n) is 3.15. The first-order chi connectivity index (χ1) is 4.72. The third kappa shape index (κ3) is 3.25. The largest absolute Gasteiger partial charge is 0.274 e. The van der Waals surface area contributed by atoms with Gasteiger partial charge in [-0.1, -0.05) is 12.2 Å². The molecule has 0 spiro atoms. The molecule has 0 aromatic rings. The van der Waals surface area contributed by atoms with Crippen LogP contribution in [0.5, 0.6) is 0 Å². The van der Waals surface area contributed by atoms with E-state index in [1.54, 1.807) is 0 Å². The Kier molecular flexibility index (Phi) is 4.58. The van der Waals surface area contributed by atoms with Gasteiger partial charge in [-0.3, -0.25) is 9.63 Å². The molecule has 3 heteroatoms. The highest BCUT2D eigenvalue weighted by atomic mass is 16.7. The highest BCUT2D eigenvalue weighted by Gasteiger charge is 2.02. The van der Waals surface area contributed by atoms with E-state index in [2.05, 4.69) is 0 Å². The summed E-state index contributed by atoms with van der Waals surface area (Å²) in [6, 6.07) is 0. The van der Waals surface area contributed by atoms with Crippen molar-refractivity contribution in [1.29, 1.82) is 0 Å². The molecule has 0 aliphatic rings. The number of hydroxylamine groups is 2. The first kappa shape index (κ1) is 9.17. The molecule has 10 heavy (non-hydrogen) atoms. The van der Waals surface area contributed by atoms with E-state index in [0.717, 1.165) is 0 Å². The van der Waals surface area contributed by atoms with E-state index in [9.17, 15) is 4.79 Å². The second kappa shape index (κ2) is 4.99. The average molecular weight is 143 g/mol. The zero-order valence-electron chi connectivity index (χ0n) is 6.63. The molecule has 0 aliphatic carbocycles. The van der Waals surface area contributed by atoms with Crippen molar-refractivity contribution in [2.75, 3.05) is 13.7 Å². The predicted molar refractivity (Wildman–Crippen MR) is 39.2 cm³/mol. The first-order valence-corrected chi connectivity index (χ1v) is 3.15. The van der Waals surface area contributed by atoms with Gasteiger partial charge >= 0.3 is 0 Å². The quantitative estimate of drug-likeness (QED) is 0.435. The monoisotopic (exact) mass is 143 g/mol. The van der Waals surface area contributed by atoms with Crippen molar-refractivity contribution < 1.29 is 9.63 Å². The molecule has 58 valence electrons. The lowest BCUT2D eigenvalue weighted by molar-refractivity contribution is -0.170. The Morgan fingerprint density at radius 3 is 2.60 bits per heavy atom. The maximum absolute atomic E-state index is 10.6. The summed E-state index contributed by atoms with van der Waals surface area (Å²) in [6.07, 6.45) is 3.72.